The average Bonchev–Trinajstić information content (AvgIpc) is 2.79. The minimum absolute atomic E-state index is 0.0453. The van der Waals surface area contributed by atoms with Gasteiger partial charge in [-0.05, 0) is 63.0 Å². The summed E-state index contributed by atoms with van der Waals surface area (Å²) in [6.07, 6.45) is 5.03. The molecule has 1 aromatic rings. The van der Waals surface area contributed by atoms with E-state index in [1.54, 1.807) is 4.90 Å². The molecule has 2 heterocycles. The second kappa shape index (κ2) is 11.3. The second-order valence-corrected chi connectivity index (χ2v) is 9.65. The Morgan fingerprint density at radius 3 is 2.16 bits per heavy atom. The molecule has 176 valence electrons. The number of hydrogen-bond acceptors (Lipinski definition) is 3. The van der Waals surface area contributed by atoms with Gasteiger partial charge in [0.05, 0.1) is 0 Å². The summed E-state index contributed by atoms with van der Waals surface area (Å²) in [6, 6.07) is 7.13. The summed E-state index contributed by atoms with van der Waals surface area (Å²) >= 11 is 0. The Kier molecular flexibility index (Phi) is 8.53. The Bertz CT molecular complexity index is 779. The van der Waals surface area contributed by atoms with E-state index in [0.29, 0.717) is 32.4 Å². The summed E-state index contributed by atoms with van der Waals surface area (Å²) in [5.41, 5.74) is 1.93. The fraction of sp³-hybridized carbons (Fsp3) is 0.640. The minimum Gasteiger partial charge on any atom is -0.344 e. The van der Waals surface area contributed by atoms with E-state index in [1.165, 1.54) is 0 Å². The molecule has 7 nitrogen and oxygen atoms in total. The van der Waals surface area contributed by atoms with Gasteiger partial charge in [-0.25, -0.2) is 4.79 Å². The Balaban J connectivity index is 1.60. The number of piperidine rings is 2. The van der Waals surface area contributed by atoms with Gasteiger partial charge in [0.15, 0.2) is 0 Å². The van der Waals surface area contributed by atoms with E-state index in [1.807, 2.05) is 49.9 Å². The number of anilines is 1. The quantitative estimate of drug-likeness (QED) is 0.703. The van der Waals surface area contributed by atoms with Crippen molar-refractivity contribution >= 4 is 23.5 Å². The smallest absolute Gasteiger partial charge is 0.321 e. The third-order valence-electron chi connectivity index (χ3n) is 6.44. The van der Waals surface area contributed by atoms with Crippen LogP contribution >= 0.6 is 0 Å². The summed E-state index contributed by atoms with van der Waals surface area (Å²) in [4.78, 5) is 42.3. The molecule has 2 aliphatic rings. The van der Waals surface area contributed by atoms with Crippen LogP contribution in [0, 0.1) is 18.8 Å². The highest BCUT2D eigenvalue weighted by atomic mass is 16.2. The number of aryl methyl sites for hydroxylation is 1. The third kappa shape index (κ3) is 6.71. The monoisotopic (exact) mass is 442 g/mol. The predicted octanol–water partition coefficient (Wildman–Crippen LogP) is 3.78. The topological polar surface area (TPSA) is 81.8 Å². The molecular weight excluding hydrogens is 404 g/mol. The SMILES string of the molecule is Cc1ccc(NC(=O)N2CCC(C(NC(=O)CC(C)C)C(=O)N3CCCCC3)CC2)cc1. The number of nitrogens with zero attached hydrogens (tertiary/aromatic N) is 2. The van der Waals surface area contributed by atoms with E-state index in [2.05, 4.69) is 10.6 Å². The molecule has 2 N–H and O–H groups in total. The van der Waals surface area contributed by atoms with Gasteiger partial charge in [0.25, 0.3) is 0 Å². The number of rotatable bonds is 6. The predicted molar refractivity (Wildman–Crippen MR) is 126 cm³/mol. The maximum absolute atomic E-state index is 13.3. The molecule has 2 fully saturated rings. The van der Waals surface area contributed by atoms with Crippen molar-refractivity contribution in [2.45, 2.75) is 65.3 Å². The highest BCUT2D eigenvalue weighted by molar-refractivity contribution is 5.90. The summed E-state index contributed by atoms with van der Waals surface area (Å²) in [5, 5.41) is 6.01. The first-order valence-corrected chi connectivity index (χ1v) is 12.0. The number of urea groups is 1. The fourth-order valence-corrected chi connectivity index (χ4v) is 4.57. The first-order chi connectivity index (χ1) is 15.3. The van der Waals surface area contributed by atoms with Crippen molar-refractivity contribution in [3.8, 4) is 0 Å². The van der Waals surface area contributed by atoms with Crippen LogP contribution in [0.3, 0.4) is 0 Å². The van der Waals surface area contributed by atoms with Crippen LogP contribution in [0.4, 0.5) is 10.5 Å². The Labute approximate surface area is 191 Å². The Morgan fingerprint density at radius 2 is 1.56 bits per heavy atom. The molecule has 3 rings (SSSR count). The van der Waals surface area contributed by atoms with Crippen molar-refractivity contribution in [1.82, 2.24) is 15.1 Å². The van der Waals surface area contributed by atoms with Crippen molar-refractivity contribution in [3.63, 3.8) is 0 Å². The summed E-state index contributed by atoms with van der Waals surface area (Å²) in [6.45, 7) is 8.72. The molecule has 4 amide bonds. The van der Waals surface area contributed by atoms with E-state index in [9.17, 15) is 14.4 Å². The second-order valence-electron chi connectivity index (χ2n) is 9.65. The maximum Gasteiger partial charge on any atom is 0.321 e. The van der Waals surface area contributed by atoms with Gasteiger partial charge in [-0.2, -0.15) is 0 Å². The van der Waals surface area contributed by atoms with Gasteiger partial charge >= 0.3 is 6.03 Å². The number of carbonyl (C=O) groups is 3. The van der Waals surface area contributed by atoms with Gasteiger partial charge in [-0.3, -0.25) is 9.59 Å². The highest BCUT2D eigenvalue weighted by Gasteiger charge is 2.36. The maximum atomic E-state index is 13.3. The molecule has 0 spiro atoms. The van der Waals surface area contributed by atoms with Gasteiger partial charge in [0.2, 0.25) is 11.8 Å². The van der Waals surface area contributed by atoms with E-state index >= 15 is 0 Å². The lowest BCUT2D eigenvalue weighted by molar-refractivity contribution is -0.139. The standard InChI is InChI=1S/C25H38N4O3/c1-18(2)17-22(30)27-23(24(31)28-13-5-4-6-14-28)20-11-15-29(16-12-20)25(32)26-21-9-7-19(3)8-10-21/h7-10,18,20,23H,4-6,11-17H2,1-3H3,(H,26,32)(H,27,30). The molecule has 2 aliphatic heterocycles. The molecule has 0 aliphatic carbocycles. The molecule has 2 saturated heterocycles. The normalized spacial score (nSPS) is 18.4. The molecule has 7 heteroatoms. The van der Waals surface area contributed by atoms with E-state index in [4.69, 9.17) is 0 Å². The third-order valence-corrected chi connectivity index (χ3v) is 6.44. The fourth-order valence-electron chi connectivity index (χ4n) is 4.57. The van der Waals surface area contributed by atoms with E-state index < -0.39 is 6.04 Å². The average molecular weight is 443 g/mol. The molecule has 0 aromatic heterocycles. The summed E-state index contributed by atoms with van der Waals surface area (Å²) in [5.74, 6) is 0.274. The number of amides is 4. The number of carbonyl (C=O) groups excluding carboxylic acids is 3. The van der Waals surface area contributed by atoms with Crippen molar-refractivity contribution in [3.05, 3.63) is 29.8 Å². The Hall–Kier alpha value is -2.57. The zero-order valence-corrected chi connectivity index (χ0v) is 19.7. The van der Waals surface area contributed by atoms with Crippen LogP contribution in [0.1, 0.15) is 57.9 Å². The molecule has 0 bridgehead atoms. The molecular formula is C25H38N4O3. The lowest BCUT2D eigenvalue weighted by Crippen LogP contribution is -2.55. The van der Waals surface area contributed by atoms with Crippen LogP contribution in [0.15, 0.2) is 24.3 Å². The zero-order valence-electron chi connectivity index (χ0n) is 19.7. The zero-order chi connectivity index (χ0) is 23.1. The Morgan fingerprint density at radius 1 is 0.938 bits per heavy atom. The van der Waals surface area contributed by atoms with E-state index in [-0.39, 0.29) is 29.7 Å². The van der Waals surface area contributed by atoms with Crippen molar-refractivity contribution in [2.24, 2.45) is 11.8 Å². The van der Waals surface area contributed by atoms with Crippen LogP contribution in [0.2, 0.25) is 0 Å². The first-order valence-electron chi connectivity index (χ1n) is 12.0. The highest BCUT2D eigenvalue weighted by Crippen LogP contribution is 2.24. The molecule has 32 heavy (non-hydrogen) atoms. The van der Waals surface area contributed by atoms with E-state index in [0.717, 1.165) is 43.6 Å². The largest absolute Gasteiger partial charge is 0.344 e. The molecule has 1 unspecified atom stereocenters. The van der Waals surface area contributed by atoms with Gasteiger partial charge < -0.3 is 20.4 Å². The van der Waals surface area contributed by atoms with Gasteiger partial charge in [-0.15, -0.1) is 0 Å². The van der Waals surface area contributed by atoms with Crippen molar-refractivity contribution < 1.29 is 14.4 Å². The summed E-state index contributed by atoms with van der Waals surface area (Å²) < 4.78 is 0. The van der Waals surface area contributed by atoms with Gasteiger partial charge in [-0.1, -0.05) is 31.5 Å². The minimum atomic E-state index is -0.498. The number of likely N-dealkylation sites (tertiary alicyclic amines) is 2. The summed E-state index contributed by atoms with van der Waals surface area (Å²) in [7, 11) is 0. The van der Waals surface area contributed by atoms with Crippen molar-refractivity contribution in [2.75, 3.05) is 31.5 Å². The number of benzene rings is 1. The number of hydrogen-bond donors (Lipinski definition) is 2. The lowest BCUT2D eigenvalue weighted by atomic mass is 9.88. The van der Waals surface area contributed by atoms with Crippen LogP contribution in [0.5, 0.6) is 0 Å². The van der Waals surface area contributed by atoms with Gasteiger partial charge in [0.1, 0.15) is 6.04 Å². The molecule has 1 aromatic carbocycles. The van der Waals surface area contributed by atoms with Crippen LogP contribution < -0.4 is 10.6 Å². The lowest BCUT2D eigenvalue weighted by Gasteiger charge is -2.38. The van der Waals surface area contributed by atoms with Crippen LogP contribution in [-0.2, 0) is 9.59 Å². The van der Waals surface area contributed by atoms with Crippen LogP contribution in [0.25, 0.3) is 0 Å². The first kappa shape index (κ1) is 24.1. The van der Waals surface area contributed by atoms with Crippen LogP contribution in [-0.4, -0.2) is 59.9 Å². The molecule has 0 radical (unpaired) electrons. The number of nitrogens with one attached hydrogen (secondary N) is 2. The molecule has 1 atom stereocenters. The van der Waals surface area contributed by atoms with Crippen molar-refractivity contribution in [1.29, 1.82) is 0 Å². The van der Waals surface area contributed by atoms with Gasteiger partial charge in [0, 0.05) is 38.3 Å². The molecule has 0 saturated carbocycles.